The minimum Gasteiger partial charge on any atom is -0.391 e. The summed E-state index contributed by atoms with van der Waals surface area (Å²) < 4.78 is 1.79. The van der Waals surface area contributed by atoms with E-state index in [4.69, 9.17) is 11.6 Å². The number of fused-ring (bicyclic) bond motifs is 1. The number of carbonyl (C=O) groups is 1. The van der Waals surface area contributed by atoms with E-state index in [9.17, 15) is 9.90 Å². The Kier molecular flexibility index (Phi) is 5.18. The van der Waals surface area contributed by atoms with Crippen molar-refractivity contribution in [1.29, 1.82) is 0 Å². The lowest BCUT2D eigenvalue weighted by atomic mass is 10.1. The van der Waals surface area contributed by atoms with Crippen LogP contribution < -0.4 is 5.32 Å². The van der Waals surface area contributed by atoms with Crippen LogP contribution in [0.4, 0.5) is 0 Å². The molecule has 142 valence electrons. The van der Waals surface area contributed by atoms with Gasteiger partial charge < -0.3 is 15.4 Å². The van der Waals surface area contributed by atoms with Gasteiger partial charge in [0, 0.05) is 30.9 Å². The van der Waals surface area contributed by atoms with E-state index in [0.717, 1.165) is 22.9 Å². The van der Waals surface area contributed by atoms with Crippen molar-refractivity contribution in [3.63, 3.8) is 0 Å². The van der Waals surface area contributed by atoms with Crippen molar-refractivity contribution in [2.24, 2.45) is 5.92 Å². The lowest BCUT2D eigenvalue weighted by molar-refractivity contribution is -0.122. The van der Waals surface area contributed by atoms with E-state index in [2.05, 4.69) is 21.5 Å². The average molecular weight is 387 g/mol. The van der Waals surface area contributed by atoms with Crippen molar-refractivity contribution in [3.05, 3.63) is 53.4 Å². The number of nitrogens with one attached hydrogen (secondary N) is 2. The molecule has 1 fully saturated rings. The maximum atomic E-state index is 12.3. The molecule has 3 N–H and O–H groups in total. The van der Waals surface area contributed by atoms with Gasteiger partial charge in [0.05, 0.1) is 23.4 Å². The van der Waals surface area contributed by atoms with Crippen LogP contribution >= 0.6 is 11.6 Å². The minimum atomic E-state index is -0.513. The molecule has 2 heterocycles. The molecule has 4 rings (SSSR count). The second kappa shape index (κ2) is 7.74. The van der Waals surface area contributed by atoms with Crippen molar-refractivity contribution in [2.75, 3.05) is 0 Å². The number of aliphatic hydroxyl groups excluding tert-OH is 1. The number of hydrogen-bond acceptors (Lipinski definition) is 3. The Hall–Kier alpha value is -2.31. The Morgan fingerprint density at radius 3 is 3.07 bits per heavy atom. The molecule has 0 saturated heterocycles. The fraction of sp³-hybridized carbons (Fsp3) is 0.400. The second-order valence-electron chi connectivity index (χ2n) is 7.36. The summed E-state index contributed by atoms with van der Waals surface area (Å²) in [5.41, 5.74) is 2.24. The Labute approximate surface area is 162 Å². The molecule has 1 saturated carbocycles. The Balaban J connectivity index is 1.27. The number of carbonyl (C=O) groups excluding carboxylic acids is 1. The zero-order chi connectivity index (χ0) is 18.8. The van der Waals surface area contributed by atoms with Gasteiger partial charge in [-0.05, 0) is 54.3 Å². The number of aromatic nitrogens is 3. The fourth-order valence-electron chi connectivity index (χ4n) is 3.92. The van der Waals surface area contributed by atoms with Crippen LogP contribution in [-0.2, 0) is 17.8 Å². The molecular weight excluding hydrogens is 364 g/mol. The summed E-state index contributed by atoms with van der Waals surface area (Å²) >= 11 is 5.89. The summed E-state index contributed by atoms with van der Waals surface area (Å²) in [6, 6.07) is 8.02. The molecular formula is C20H23ClN4O2. The molecule has 1 amide bonds. The number of nitrogens with zero attached hydrogens (tertiary/aromatic N) is 2. The highest BCUT2D eigenvalue weighted by Gasteiger charge is 2.34. The quantitative estimate of drug-likeness (QED) is 0.609. The van der Waals surface area contributed by atoms with Crippen LogP contribution in [0, 0.1) is 5.92 Å². The first kappa shape index (κ1) is 18.1. The average Bonchev–Trinajstić information content (AvgIpc) is 3.34. The summed E-state index contributed by atoms with van der Waals surface area (Å²) in [5, 5.41) is 19.2. The van der Waals surface area contributed by atoms with Gasteiger partial charge in [-0.3, -0.25) is 9.48 Å². The van der Waals surface area contributed by atoms with Gasteiger partial charge in [-0.2, -0.15) is 5.10 Å². The van der Waals surface area contributed by atoms with Crippen molar-refractivity contribution in [1.82, 2.24) is 20.1 Å². The van der Waals surface area contributed by atoms with Crippen LogP contribution in [0.2, 0.25) is 5.02 Å². The Morgan fingerprint density at radius 2 is 2.26 bits per heavy atom. The van der Waals surface area contributed by atoms with Crippen LogP contribution in [-0.4, -0.2) is 37.9 Å². The molecule has 0 bridgehead atoms. The van der Waals surface area contributed by atoms with Crippen molar-refractivity contribution in [3.8, 4) is 0 Å². The third-order valence-electron chi connectivity index (χ3n) is 5.28. The smallest absolute Gasteiger partial charge is 0.220 e. The maximum Gasteiger partial charge on any atom is 0.220 e. The number of aliphatic hydroxyl groups is 1. The van der Waals surface area contributed by atoms with E-state index in [1.807, 2.05) is 24.4 Å². The second-order valence-corrected chi connectivity index (χ2v) is 7.80. The van der Waals surface area contributed by atoms with Crippen LogP contribution in [0.5, 0.6) is 0 Å². The van der Waals surface area contributed by atoms with E-state index in [1.165, 1.54) is 0 Å². The molecule has 7 heteroatoms. The van der Waals surface area contributed by atoms with Gasteiger partial charge >= 0.3 is 0 Å². The van der Waals surface area contributed by atoms with E-state index < -0.39 is 6.10 Å². The first-order chi connectivity index (χ1) is 13.1. The van der Waals surface area contributed by atoms with Crippen LogP contribution in [0.3, 0.4) is 0 Å². The fourth-order valence-corrected chi connectivity index (χ4v) is 4.08. The van der Waals surface area contributed by atoms with Crippen LogP contribution in [0.15, 0.2) is 42.9 Å². The number of halogens is 1. The summed E-state index contributed by atoms with van der Waals surface area (Å²) in [6.07, 6.45) is 7.30. The zero-order valence-electron chi connectivity index (χ0n) is 14.9. The molecule has 3 aromatic rings. The number of hydrogen-bond donors (Lipinski definition) is 3. The summed E-state index contributed by atoms with van der Waals surface area (Å²) in [5.74, 6) is 0.258. The maximum absolute atomic E-state index is 12.3. The van der Waals surface area contributed by atoms with Crippen LogP contribution in [0.25, 0.3) is 10.9 Å². The summed E-state index contributed by atoms with van der Waals surface area (Å²) in [6.45, 7) is 0.701. The normalized spacial score (nSPS) is 22.4. The minimum absolute atomic E-state index is 0.0176. The lowest BCUT2D eigenvalue weighted by Crippen LogP contribution is -2.40. The molecule has 6 nitrogen and oxygen atoms in total. The lowest BCUT2D eigenvalue weighted by Gasteiger charge is -2.16. The van der Waals surface area contributed by atoms with Crippen molar-refractivity contribution >= 4 is 28.4 Å². The van der Waals surface area contributed by atoms with Crippen molar-refractivity contribution < 1.29 is 9.90 Å². The van der Waals surface area contributed by atoms with E-state index in [-0.39, 0.29) is 17.9 Å². The third kappa shape index (κ3) is 4.34. The topological polar surface area (TPSA) is 82.9 Å². The monoisotopic (exact) mass is 386 g/mol. The predicted molar refractivity (Wildman–Crippen MR) is 105 cm³/mol. The molecule has 3 atom stereocenters. The number of H-pyrrole nitrogens is 1. The number of amides is 1. The highest BCUT2D eigenvalue weighted by atomic mass is 35.5. The molecule has 0 radical (unpaired) electrons. The molecule has 1 unspecified atom stereocenters. The highest BCUT2D eigenvalue weighted by molar-refractivity contribution is 6.30. The summed E-state index contributed by atoms with van der Waals surface area (Å²) in [7, 11) is 0. The molecule has 0 spiro atoms. The van der Waals surface area contributed by atoms with Gasteiger partial charge in [-0.15, -0.1) is 0 Å². The van der Waals surface area contributed by atoms with Gasteiger partial charge in [0.1, 0.15) is 0 Å². The van der Waals surface area contributed by atoms with Gasteiger partial charge in [0.25, 0.3) is 0 Å². The number of rotatable bonds is 6. The standard InChI is InChI=1S/C20H23ClN4O2/c21-16-10-23-25(12-16)11-14-8-18(19(26)9-14)24-20(27)4-2-13-1-3-17-15(7-13)5-6-22-17/h1,3,5-7,10,12,14,18-19,22,26H,2,4,8-9,11H2,(H,24,27)/t14?,18-,19-/m1/s1. The third-order valence-corrected chi connectivity index (χ3v) is 5.47. The van der Waals surface area contributed by atoms with Gasteiger partial charge in [0.15, 0.2) is 0 Å². The van der Waals surface area contributed by atoms with Crippen molar-refractivity contribution in [2.45, 2.75) is 44.4 Å². The first-order valence-corrected chi connectivity index (χ1v) is 9.66. The first-order valence-electron chi connectivity index (χ1n) is 9.28. The number of aromatic amines is 1. The Morgan fingerprint density at radius 1 is 1.37 bits per heavy atom. The molecule has 2 aromatic heterocycles. The SMILES string of the molecule is O=C(CCc1ccc2[nH]ccc2c1)N[C@@H]1CC(Cn2cc(Cl)cn2)C[C@H]1O. The molecule has 1 aromatic carbocycles. The summed E-state index contributed by atoms with van der Waals surface area (Å²) in [4.78, 5) is 15.5. The van der Waals surface area contributed by atoms with Crippen LogP contribution in [0.1, 0.15) is 24.8 Å². The predicted octanol–water partition coefficient (Wildman–Crippen LogP) is 2.91. The zero-order valence-corrected chi connectivity index (χ0v) is 15.7. The highest BCUT2D eigenvalue weighted by Crippen LogP contribution is 2.28. The largest absolute Gasteiger partial charge is 0.391 e. The van der Waals surface area contributed by atoms with E-state index in [1.54, 1.807) is 17.1 Å². The van der Waals surface area contributed by atoms with Gasteiger partial charge in [-0.25, -0.2) is 0 Å². The van der Waals surface area contributed by atoms with E-state index >= 15 is 0 Å². The Bertz CT molecular complexity index is 935. The molecule has 27 heavy (non-hydrogen) atoms. The molecule has 1 aliphatic rings. The number of aryl methyl sites for hydroxylation is 1. The molecule has 1 aliphatic carbocycles. The van der Waals surface area contributed by atoms with Gasteiger partial charge in [-0.1, -0.05) is 17.7 Å². The number of benzene rings is 1. The molecule has 0 aliphatic heterocycles. The van der Waals surface area contributed by atoms with E-state index in [0.29, 0.717) is 30.8 Å². The van der Waals surface area contributed by atoms with Gasteiger partial charge in [0.2, 0.25) is 5.91 Å².